The van der Waals surface area contributed by atoms with Crippen LogP contribution in [0, 0.1) is 6.92 Å². The number of methoxy groups -OCH3 is 1. The van der Waals surface area contributed by atoms with Gasteiger partial charge < -0.3 is 4.74 Å². The number of aromatic nitrogens is 2. The van der Waals surface area contributed by atoms with Gasteiger partial charge in [-0.05, 0) is 31.2 Å². The van der Waals surface area contributed by atoms with Gasteiger partial charge in [0.25, 0.3) is 0 Å². The number of aryl methyl sites for hydroxylation is 1. The third-order valence-corrected chi connectivity index (χ3v) is 4.24. The largest absolute Gasteiger partial charge is 0.384 e. The first-order chi connectivity index (χ1) is 10.3. The summed E-state index contributed by atoms with van der Waals surface area (Å²) >= 11 is 1.72. The number of ether oxygens (including phenoxy) is 1. The Hall–Kier alpha value is -1.78. The second kappa shape index (κ2) is 6.33. The molecule has 3 nitrogen and oxygen atoms in total. The zero-order valence-electron chi connectivity index (χ0n) is 12.2. The molecule has 4 heteroatoms. The molecule has 1 heterocycles. The SMILES string of the molecule is COCCSc1nc2ccccc2n1-c1ccc(C)cc1. The lowest BCUT2D eigenvalue weighted by Crippen LogP contribution is -1.99. The van der Waals surface area contributed by atoms with Crippen LogP contribution in [0.4, 0.5) is 0 Å². The average molecular weight is 298 g/mol. The number of nitrogens with zero attached hydrogens (tertiary/aromatic N) is 2. The fourth-order valence-electron chi connectivity index (χ4n) is 2.26. The van der Waals surface area contributed by atoms with Gasteiger partial charge >= 0.3 is 0 Å². The molecule has 0 bridgehead atoms. The molecule has 0 atom stereocenters. The van der Waals surface area contributed by atoms with Crippen LogP contribution in [0.15, 0.2) is 53.7 Å². The number of para-hydroxylation sites is 2. The van der Waals surface area contributed by atoms with Gasteiger partial charge in [-0.15, -0.1) is 0 Å². The van der Waals surface area contributed by atoms with E-state index in [9.17, 15) is 0 Å². The third kappa shape index (κ3) is 2.96. The summed E-state index contributed by atoms with van der Waals surface area (Å²) in [4.78, 5) is 4.75. The van der Waals surface area contributed by atoms with Crippen molar-refractivity contribution in [1.29, 1.82) is 0 Å². The van der Waals surface area contributed by atoms with Crippen molar-refractivity contribution in [3.8, 4) is 5.69 Å². The summed E-state index contributed by atoms with van der Waals surface area (Å²) in [7, 11) is 1.73. The van der Waals surface area contributed by atoms with Crippen molar-refractivity contribution < 1.29 is 4.74 Å². The average Bonchev–Trinajstić information content (AvgIpc) is 2.87. The summed E-state index contributed by atoms with van der Waals surface area (Å²) < 4.78 is 7.36. The molecular formula is C17H18N2OS. The maximum atomic E-state index is 5.14. The highest BCUT2D eigenvalue weighted by molar-refractivity contribution is 7.99. The van der Waals surface area contributed by atoms with E-state index in [-0.39, 0.29) is 0 Å². The van der Waals surface area contributed by atoms with Gasteiger partial charge in [0, 0.05) is 18.6 Å². The Morgan fingerprint density at radius 2 is 1.86 bits per heavy atom. The minimum absolute atomic E-state index is 0.724. The van der Waals surface area contributed by atoms with Crippen LogP contribution in [0.25, 0.3) is 16.7 Å². The van der Waals surface area contributed by atoms with Gasteiger partial charge in [0.2, 0.25) is 0 Å². The van der Waals surface area contributed by atoms with E-state index in [1.165, 1.54) is 5.56 Å². The van der Waals surface area contributed by atoms with Crippen LogP contribution in [-0.2, 0) is 4.74 Å². The summed E-state index contributed by atoms with van der Waals surface area (Å²) in [6.07, 6.45) is 0. The number of benzene rings is 2. The molecule has 21 heavy (non-hydrogen) atoms. The highest BCUT2D eigenvalue weighted by atomic mass is 32.2. The Balaban J connectivity index is 2.08. The summed E-state index contributed by atoms with van der Waals surface area (Å²) in [5.74, 6) is 0.895. The van der Waals surface area contributed by atoms with E-state index in [0.29, 0.717) is 0 Å². The monoisotopic (exact) mass is 298 g/mol. The molecule has 0 aliphatic heterocycles. The first-order valence-corrected chi connectivity index (χ1v) is 7.94. The van der Waals surface area contributed by atoms with Crippen LogP contribution in [0.3, 0.4) is 0 Å². The molecule has 0 saturated carbocycles. The van der Waals surface area contributed by atoms with Crippen molar-refractivity contribution in [2.75, 3.05) is 19.5 Å². The molecule has 1 aromatic heterocycles. The van der Waals surface area contributed by atoms with E-state index in [1.807, 2.05) is 6.07 Å². The number of rotatable bonds is 5. The number of hydrogen-bond acceptors (Lipinski definition) is 3. The van der Waals surface area contributed by atoms with E-state index in [4.69, 9.17) is 9.72 Å². The highest BCUT2D eigenvalue weighted by Gasteiger charge is 2.12. The minimum atomic E-state index is 0.724. The van der Waals surface area contributed by atoms with Gasteiger partial charge in [0.1, 0.15) is 0 Å². The van der Waals surface area contributed by atoms with Gasteiger partial charge in [-0.2, -0.15) is 0 Å². The van der Waals surface area contributed by atoms with Crippen molar-refractivity contribution in [3.63, 3.8) is 0 Å². The summed E-state index contributed by atoms with van der Waals surface area (Å²) in [6.45, 7) is 2.83. The minimum Gasteiger partial charge on any atom is -0.384 e. The predicted molar refractivity (Wildman–Crippen MR) is 88.4 cm³/mol. The lowest BCUT2D eigenvalue weighted by atomic mass is 10.2. The molecule has 0 fully saturated rings. The quantitative estimate of drug-likeness (QED) is 0.525. The summed E-state index contributed by atoms with van der Waals surface area (Å²) in [5, 5.41) is 1.01. The van der Waals surface area contributed by atoms with Crippen LogP contribution in [0.5, 0.6) is 0 Å². The van der Waals surface area contributed by atoms with Gasteiger partial charge in [0.15, 0.2) is 5.16 Å². The number of hydrogen-bond donors (Lipinski definition) is 0. The Morgan fingerprint density at radius 3 is 2.62 bits per heavy atom. The second-order valence-electron chi connectivity index (χ2n) is 4.90. The lowest BCUT2D eigenvalue weighted by Gasteiger charge is -2.09. The van der Waals surface area contributed by atoms with Crippen molar-refractivity contribution >= 4 is 22.8 Å². The van der Waals surface area contributed by atoms with E-state index in [2.05, 4.69) is 54.0 Å². The van der Waals surface area contributed by atoms with Crippen molar-refractivity contribution in [3.05, 3.63) is 54.1 Å². The van der Waals surface area contributed by atoms with Crippen molar-refractivity contribution in [2.45, 2.75) is 12.1 Å². The first kappa shape index (κ1) is 14.2. The van der Waals surface area contributed by atoms with E-state index in [0.717, 1.165) is 34.2 Å². The van der Waals surface area contributed by atoms with E-state index >= 15 is 0 Å². The molecule has 0 spiro atoms. The highest BCUT2D eigenvalue weighted by Crippen LogP contribution is 2.27. The zero-order valence-corrected chi connectivity index (χ0v) is 13.1. The van der Waals surface area contributed by atoms with Crippen molar-refractivity contribution in [2.24, 2.45) is 0 Å². The maximum absolute atomic E-state index is 5.14. The number of thioether (sulfide) groups is 1. The standard InChI is InChI=1S/C17H18N2OS/c1-13-7-9-14(10-8-13)19-16-6-4-3-5-15(16)18-17(19)21-12-11-20-2/h3-10H,11-12H2,1-2H3. The van der Waals surface area contributed by atoms with Crippen LogP contribution in [0.1, 0.15) is 5.56 Å². The maximum Gasteiger partial charge on any atom is 0.173 e. The van der Waals surface area contributed by atoms with Crippen molar-refractivity contribution in [1.82, 2.24) is 9.55 Å². The Morgan fingerprint density at radius 1 is 1.10 bits per heavy atom. The Kier molecular flexibility index (Phi) is 4.27. The predicted octanol–water partition coefficient (Wildman–Crippen LogP) is 4.07. The molecular weight excluding hydrogens is 280 g/mol. The molecule has 0 aliphatic rings. The van der Waals surface area contributed by atoms with Crippen LogP contribution < -0.4 is 0 Å². The summed E-state index contributed by atoms with van der Waals surface area (Å²) in [6, 6.07) is 16.8. The molecule has 3 aromatic rings. The first-order valence-electron chi connectivity index (χ1n) is 6.96. The number of imidazole rings is 1. The van der Waals surface area contributed by atoms with E-state index in [1.54, 1.807) is 18.9 Å². The normalized spacial score (nSPS) is 11.1. The van der Waals surface area contributed by atoms with E-state index < -0.39 is 0 Å². The number of fused-ring (bicyclic) bond motifs is 1. The van der Waals surface area contributed by atoms with Gasteiger partial charge in [-0.1, -0.05) is 41.6 Å². The third-order valence-electron chi connectivity index (χ3n) is 3.34. The van der Waals surface area contributed by atoms with Gasteiger partial charge in [-0.25, -0.2) is 4.98 Å². The zero-order chi connectivity index (χ0) is 14.7. The molecule has 108 valence electrons. The molecule has 2 aromatic carbocycles. The topological polar surface area (TPSA) is 27.1 Å². The smallest absolute Gasteiger partial charge is 0.173 e. The fraction of sp³-hybridized carbons (Fsp3) is 0.235. The molecule has 0 saturated heterocycles. The van der Waals surface area contributed by atoms with Gasteiger partial charge in [0.05, 0.1) is 17.6 Å². The Bertz CT molecular complexity index is 734. The van der Waals surface area contributed by atoms with Crippen LogP contribution in [-0.4, -0.2) is 29.0 Å². The van der Waals surface area contributed by atoms with Crippen LogP contribution in [0.2, 0.25) is 0 Å². The summed E-state index contributed by atoms with van der Waals surface area (Å²) in [5.41, 5.74) is 4.57. The molecule has 3 rings (SSSR count). The van der Waals surface area contributed by atoms with Crippen LogP contribution >= 0.6 is 11.8 Å². The molecule has 0 amide bonds. The lowest BCUT2D eigenvalue weighted by molar-refractivity contribution is 0.218. The second-order valence-corrected chi connectivity index (χ2v) is 5.96. The fourth-order valence-corrected chi connectivity index (χ4v) is 3.19. The van der Waals surface area contributed by atoms with Gasteiger partial charge in [-0.3, -0.25) is 4.57 Å². The Labute approximate surface area is 129 Å². The molecule has 0 N–H and O–H groups in total. The molecule has 0 aliphatic carbocycles. The molecule has 0 unspecified atom stereocenters. The molecule has 0 radical (unpaired) electrons.